The van der Waals surface area contributed by atoms with E-state index >= 15 is 0 Å². The Morgan fingerprint density at radius 2 is 1.89 bits per heavy atom. The number of nitrogens with zero attached hydrogens (tertiary/aromatic N) is 1. The number of anilines is 2. The summed E-state index contributed by atoms with van der Waals surface area (Å²) in [5.41, 5.74) is 1.47. The number of rotatable bonds is 5. The first-order valence-corrected chi connectivity index (χ1v) is 9.81. The summed E-state index contributed by atoms with van der Waals surface area (Å²) in [7, 11) is 0. The van der Waals surface area contributed by atoms with E-state index in [2.05, 4.69) is 19.2 Å². The van der Waals surface area contributed by atoms with Gasteiger partial charge in [0.25, 0.3) is 0 Å². The third-order valence-corrected chi connectivity index (χ3v) is 5.43. The number of nitrogens with one attached hydrogen (secondary N) is 1. The van der Waals surface area contributed by atoms with E-state index in [1.165, 1.54) is 0 Å². The van der Waals surface area contributed by atoms with Crippen molar-refractivity contribution < 1.29 is 14.3 Å². The zero-order valence-electron chi connectivity index (χ0n) is 15.8. The fourth-order valence-corrected chi connectivity index (χ4v) is 4.23. The Kier molecular flexibility index (Phi) is 5.75. The molecule has 0 radical (unpaired) electrons. The van der Waals surface area contributed by atoms with Gasteiger partial charge in [-0.15, -0.1) is 11.8 Å². The van der Waals surface area contributed by atoms with E-state index in [0.29, 0.717) is 18.7 Å². The number of para-hydroxylation sites is 1. The molecule has 0 aliphatic carbocycles. The number of amides is 2. The zero-order valence-corrected chi connectivity index (χ0v) is 16.6. The Morgan fingerprint density at radius 1 is 1.19 bits per heavy atom. The molecule has 2 amide bonds. The minimum atomic E-state index is -0.230. The molecule has 0 atom stereocenters. The van der Waals surface area contributed by atoms with Crippen LogP contribution in [0.5, 0.6) is 5.75 Å². The van der Waals surface area contributed by atoms with Crippen molar-refractivity contribution >= 4 is 35.0 Å². The molecule has 142 valence electrons. The van der Waals surface area contributed by atoms with Gasteiger partial charge < -0.3 is 15.0 Å². The lowest BCUT2D eigenvalue weighted by Crippen LogP contribution is -2.39. The molecule has 1 aliphatic heterocycles. The van der Waals surface area contributed by atoms with E-state index in [4.69, 9.17) is 4.74 Å². The molecular formula is C21H24N2O3S. The highest BCUT2D eigenvalue weighted by molar-refractivity contribution is 8.00. The van der Waals surface area contributed by atoms with E-state index in [1.54, 1.807) is 28.8 Å². The van der Waals surface area contributed by atoms with Crippen molar-refractivity contribution in [2.24, 2.45) is 0 Å². The van der Waals surface area contributed by atoms with Gasteiger partial charge in [-0.1, -0.05) is 12.1 Å². The van der Waals surface area contributed by atoms with Crippen molar-refractivity contribution in [3.63, 3.8) is 0 Å². The van der Waals surface area contributed by atoms with Crippen LogP contribution in [0.15, 0.2) is 53.4 Å². The van der Waals surface area contributed by atoms with Gasteiger partial charge in [-0.3, -0.25) is 9.59 Å². The van der Waals surface area contributed by atoms with Crippen LogP contribution in [-0.2, 0) is 9.59 Å². The lowest BCUT2D eigenvalue weighted by Gasteiger charge is -2.22. The van der Waals surface area contributed by atoms with E-state index in [-0.39, 0.29) is 23.1 Å². The van der Waals surface area contributed by atoms with Crippen molar-refractivity contribution in [3.05, 3.63) is 48.5 Å². The Bertz CT molecular complexity index is 834. The summed E-state index contributed by atoms with van der Waals surface area (Å²) in [5, 5.41) is 2.86. The van der Waals surface area contributed by atoms with Crippen LogP contribution in [-0.4, -0.2) is 29.7 Å². The minimum absolute atomic E-state index is 0.0142. The molecule has 2 aromatic rings. The summed E-state index contributed by atoms with van der Waals surface area (Å²) in [6.07, 6.45) is 0.378. The average molecular weight is 385 g/mol. The third kappa shape index (κ3) is 4.83. The Hall–Kier alpha value is -2.47. The SMILES string of the molecule is CCOc1ccc(NC(=O)CN2C(=O)CC(C)(C)Sc3ccccc32)cc1. The maximum atomic E-state index is 12.8. The standard InChI is InChI=1S/C21H24N2O3S/c1-4-26-16-11-9-15(10-12-16)22-19(24)14-23-17-7-5-6-8-18(17)27-21(2,3)13-20(23)25/h5-12H,4,13-14H2,1-3H3,(H,22,24). The number of benzene rings is 2. The van der Waals surface area contributed by atoms with E-state index < -0.39 is 0 Å². The van der Waals surface area contributed by atoms with Crippen molar-refractivity contribution in [2.75, 3.05) is 23.4 Å². The molecular weight excluding hydrogens is 360 g/mol. The van der Waals surface area contributed by atoms with Gasteiger partial charge in [-0.2, -0.15) is 0 Å². The molecule has 3 rings (SSSR count). The number of thioether (sulfide) groups is 1. The van der Waals surface area contributed by atoms with Crippen molar-refractivity contribution in [1.82, 2.24) is 0 Å². The molecule has 5 nitrogen and oxygen atoms in total. The summed E-state index contributed by atoms with van der Waals surface area (Å²) in [4.78, 5) is 28.0. The van der Waals surface area contributed by atoms with Crippen molar-refractivity contribution in [2.45, 2.75) is 36.8 Å². The number of ether oxygens (including phenoxy) is 1. The fourth-order valence-electron chi connectivity index (χ4n) is 3.01. The molecule has 6 heteroatoms. The first-order valence-electron chi connectivity index (χ1n) is 8.99. The highest BCUT2D eigenvalue weighted by Gasteiger charge is 2.33. The zero-order chi connectivity index (χ0) is 19.4. The molecule has 27 heavy (non-hydrogen) atoms. The topological polar surface area (TPSA) is 58.6 Å². The summed E-state index contributed by atoms with van der Waals surface area (Å²) in [6, 6.07) is 14.9. The molecule has 0 bridgehead atoms. The third-order valence-electron chi connectivity index (χ3n) is 4.17. The molecule has 0 saturated carbocycles. The quantitative estimate of drug-likeness (QED) is 0.833. The van der Waals surface area contributed by atoms with Crippen LogP contribution < -0.4 is 15.0 Å². The molecule has 0 aromatic heterocycles. The Morgan fingerprint density at radius 3 is 2.59 bits per heavy atom. The monoisotopic (exact) mass is 384 g/mol. The molecule has 2 aromatic carbocycles. The van der Waals surface area contributed by atoms with Gasteiger partial charge in [0, 0.05) is 21.8 Å². The minimum Gasteiger partial charge on any atom is -0.494 e. The summed E-state index contributed by atoms with van der Waals surface area (Å²) >= 11 is 1.67. The number of carbonyl (C=O) groups excluding carboxylic acids is 2. The van der Waals surface area contributed by atoms with Gasteiger partial charge in [0.1, 0.15) is 12.3 Å². The second-order valence-electron chi connectivity index (χ2n) is 6.99. The van der Waals surface area contributed by atoms with Crippen molar-refractivity contribution in [1.29, 1.82) is 0 Å². The van der Waals surface area contributed by atoms with E-state index in [9.17, 15) is 9.59 Å². The maximum Gasteiger partial charge on any atom is 0.244 e. The summed E-state index contributed by atoms with van der Waals surface area (Å²) < 4.78 is 5.19. The lowest BCUT2D eigenvalue weighted by atomic mass is 10.1. The van der Waals surface area contributed by atoms with Gasteiger partial charge in [0.05, 0.1) is 12.3 Å². The first kappa shape index (κ1) is 19.3. The normalized spacial score (nSPS) is 15.7. The molecule has 0 unspecified atom stereocenters. The Labute approximate surface area is 164 Å². The van der Waals surface area contributed by atoms with Crippen LogP contribution in [0.2, 0.25) is 0 Å². The van der Waals surface area contributed by atoms with Crippen LogP contribution in [0.4, 0.5) is 11.4 Å². The number of fused-ring (bicyclic) bond motifs is 1. The molecule has 0 saturated heterocycles. The predicted molar refractivity (Wildman–Crippen MR) is 110 cm³/mol. The maximum absolute atomic E-state index is 12.8. The molecule has 1 aliphatic rings. The van der Waals surface area contributed by atoms with Crippen LogP contribution in [0.3, 0.4) is 0 Å². The second-order valence-corrected chi connectivity index (χ2v) is 8.74. The van der Waals surface area contributed by atoms with Gasteiger partial charge in [0.15, 0.2) is 0 Å². The van der Waals surface area contributed by atoms with E-state index in [0.717, 1.165) is 16.3 Å². The van der Waals surface area contributed by atoms with Gasteiger partial charge in [-0.05, 0) is 57.2 Å². The summed E-state index contributed by atoms with van der Waals surface area (Å²) in [5.74, 6) is 0.484. The lowest BCUT2D eigenvalue weighted by molar-refractivity contribution is -0.121. The predicted octanol–water partition coefficient (Wildman–Crippen LogP) is 4.33. The number of hydrogen-bond acceptors (Lipinski definition) is 4. The molecule has 0 fully saturated rings. The highest BCUT2D eigenvalue weighted by Crippen LogP contribution is 2.43. The van der Waals surface area contributed by atoms with Crippen LogP contribution >= 0.6 is 11.8 Å². The van der Waals surface area contributed by atoms with Crippen LogP contribution in [0.1, 0.15) is 27.2 Å². The molecule has 1 heterocycles. The largest absolute Gasteiger partial charge is 0.494 e. The first-order chi connectivity index (χ1) is 12.9. The van der Waals surface area contributed by atoms with E-state index in [1.807, 2.05) is 43.3 Å². The fraction of sp³-hybridized carbons (Fsp3) is 0.333. The summed E-state index contributed by atoms with van der Waals surface area (Å²) in [6.45, 7) is 6.60. The average Bonchev–Trinajstić information content (AvgIpc) is 2.70. The molecule has 1 N–H and O–H groups in total. The van der Waals surface area contributed by atoms with Gasteiger partial charge in [-0.25, -0.2) is 0 Å². The smallest absolute Gasteiger partial charge is 0.244 e. The Balaban J connectivity index is 1.75. The second kappa shape index (κ2) is 8.05. The molecule has 0 spiro atoms. The van der Waals surface area contributed by atoms with Gasteiger partial charge >= 0.3 is 0 Å². The highest BCUT2D eigenvalue weighted by atomic mass is 32.2. The number of carbonyl (C=O) groups is 2. The van der Waals surface area contributed by atoms with Gasteiger partial charge in [0.2, 0.25) is 11.8 Å². The van der Waals surface area contributed by atoms with Crippen molar-refractivity contribution in [3.8, 4) is 5.75 Å². The number of hydrogen-bond donors (Lipinski definition) is 1. The van der Waals surface area contributed by atoms with Crippen LogP contribution in [0.25, 0.3) is 0 Å². The van der Waals surface area contributed by atoms with Crippen LogP contribution in [0, 0.1) is 0 Å².